The van der Waals surface area contributed by atoms with Gasteiger partial charge in [0.2, 0.25) is 0 Å². The molecule has 0 fully saturated rings. The van der Waals surface area contributed by atoms with Crippen LogP contribution in [0, 0.1) is 0 Å². The Morgan fingerprint density at radius 1 is 1.40 bits per heavy atom. The second kappa shape index (κ2) is 5.06. The lowest BCUT2D eigenvalue weighted by molar-refractivity contribution is 1.10. The Balaban J connectivity index is 0. The molecule has 0 aliphatic heterocycles. The predicted octanol–water partition coefficient (Wildman–Crippen LogP) is 0.717. The Morgan fingerprint density at radius 3 is 1.40 bits per heavy atom. The summed E-state index contributed by atoms with van der Waals surface area (Å²) in [6.45, 7) is 3.86. The molecule has 0 radical (unpaired) electrons. The Bertz CT molecular complexity index is 11.6. The molecule has 0 saturated carbocycles. The Hall–Kier alpha value is 1.06. The Morgan fingerprint density at radius 2 is 1.40 bits per heavy atom. The Labute approximate surface area is 54.0 Å². The number of alkyl halides is 1. The molecule has 0 spiro atoms. The van der Waals surface area contributed by atoms with Crippen LogP contribution in [-0.4, -0.2) is 28.4 Å². The van der Waals surface area contributed by atoms with Gasteiger partial charge in [0.1, 0.15) is 0 Å². The zero-order valence-corrected chi connectivity index (χ0v) is 3.71. The zero-order chi connectivity index (χ0) is 3.58. The van der Waals surface area contributed by atoms with E-state index in [1.165, 1.54) is 0 Å². The van der Waals surface area contributed by atoms with E-state index in [2.05, 4.69) is 0 Å². The van der Waals surface area contributed by atoms with E-state index >= 15 is 0 Å². The van der Waals surface area contributed by atoms with Gasteiger partial charge in [-0.05, 0) is 13.8 Å². The van der Waals surface area contributed by atoms with Gasteiger partial charge >= 0.3 is 23.1 Å². The lowest BCUT2D eigenvalue weighted by atomic mass is 10.6. The molecular weight excluding hydrogens is 95.8 g/mol. The van der Waals surface area contributed by atoms with Crippen molar-refractivity contribution in [3.63, 3.8) is 0 Å². The average molecular weight is 105 g/mol. The van der Waals surface area contributed by atoms with Gasteiger partial charge in [0.05, 0.1) is 0 Å². The van der Waals surface area contributed by atoms with Crippen molar-refractivity contribution < 1.29 is 0 Å². The second-order valence-corrected chi connectivity index (χ2v) is 1.89. The fourth-order valence-corrected chi connectivity index (χ4v) is 0. The first kappa shape index (κ1) is 9.41. The maximum Gasteiger partial charge on any atom is 0.316 e. The Kier molecular flexibility index (Phi) is 9.52. The highest BCUT2D eigenvalue weighted by atomic mass is 35.5. The van der Waals surface area contributed by atoms with E-state index in [0.29, 0.717) is 5.38 Å². The summed E-state index contributed by atoms with van der Waals surface area (Å²) in [4.78, 5) is 0. The van der Waals surface area contributed by atoms with Gasteiger partial charge in [-0.2, -0.15) is 0 Å². The van der Waals surface area contributed by atoms with Gasteiger partial charge < -0.3 is 0 Å². The molecule has 0 rings (SSSR count). The summed E-state index contributed by atoms with van der Waals surface area (Å²) in [6.07, 6.45) is 0. The van der Waals surface area contributed by atoms with Crippen molar-refractivity contribution in [3.05, 3.63) is 0 Å². The fraction of sp³-hybridized carbons (Fsp3) is 1.00. The van der Waals surface area contributed by atoms with Crippen LogP contribution in [0.3, 0.4) is 0 Å². The summed E-state index contributed by atoms with van der Waals surface area (Å²) in [5.41, 5.74) is 0. The standard InChI is InChI=1S/C3H7Cl.Mg.2H/c1-3(2)4;;;/h3H,1-2H3;;;. The number of hydrogen-bond donors (Lipinski definition) is 0. The summed E-state index contributed by atoms with van der Waals surface area (Å²) in [5.74, 6) is 0. The molecule has 0 unspecified atom stereocenters. The van der Waals surface area contributed by atoms with E-state index in [4.69, 9.17) is 11.6 Å². The van der Waals surface area contributed by atoms with E-state index in [9.17, 15) is 0 Å². The maximum absolute atomic E-state index is 5.27. The minimum absolute atomic E-state index is 0. The summed E-state index contributed by atoms with van der Waals surface area (Å²) in [6, 6.07) is 0. The van der Waals surface area contributed by atoms with E-state index in [1.807, 2.05) is 13.8 Å². The monoisotopic (exact) mass is 104 g/mol. The van der Waals surface area contributed by atoms with Crippen molar-refractivity contribution in [3.8, 4) is 0 Å². The lowest BCUT2D eigenvalue weighted by Crippen LogP contribution is -1.70. The van der Waals surface area contributed by atoms with Gasteiger partial charge in [-0.3, -0.25) is 0 Å². The molecule has 0 aromatic rings. The van der Waals surface area contributed by atoms with Crippen LogP contribution in [0.25, 0.3) is 0 Å². The van der Waals surface area contributed by atoms with Crippen molar-refractivity contribution in [2.75, 3.05) is 0 Å². The molecule has 0 heterocycles. The van der Waals surface area contributed by atoms with Gasteiger partial charge in [-0.1, -0.05) is 0 Å². The third kappa shape index (κ3) is 42.3. The highest BCUT2D eigenvalue weighted by Gasteiger charge is 1.71. The van der Waals surface area contributed by atoms with Crippen LogP contribution in [0.4, 0.5) is 0 Å². The molecule has 0 bridgehead atoms. The minimum Gasteiger partial charge on any atom is -0.124 e. The van der Waals surface area contributed by atoms with Gasteiger partial charge in [0, 0.05) is 5.38 Å². The molecular formula is C3H9ClMg. The van der Waals surface area contributed by atoms with E-state index in [-0.39, 0.29) is 23.1 Å². The molecule has 0 aromatic carbocycles. The summed E-state index contributed by atoms with van der Waals surface area (Å²) < 4.78 is 0. The van der Waals surface area contributed by atoms with Crippen molar-refractivity contribution in [2.45, 2.75) is 19.2 Å². The molecule has 0 N–H and O–H groups in total. The second-order valence-electron chi connectivity index (χ2n) is 1.01. The average Bonchev–Trinajstić information content (AvgIpc) is 0.811. The van der Waals surface area contributed by atoms with E-state index in [0.717, 1.165) is 0 Å². The fourth-order valence-electron chi connectivity index (χ4n) is 0. The van der Waals surface area contributed by atoms with Crippen LogP contribution in [0.1, 0.15) is 13.8 Å². The minimum atomic E-state index is 0. The van der Waals surface area contributed by atoms with Crippen molar-refractivity contribution in [1.29, 1.82) is 0 Å². The maximum atomic E-state index is 5.27. The van der Waals surface area contributed by atoms with Gasteiger partial charge in [-0.15, -0.1) is 11.6 Å². The molecule has 30 valence electrons. The SMILES string of the molecule is CC(C)Cl.[MgH2]. The smallest absolute Gasteiger partial charge is 0.124 e. The molecule has 2 heteroatoms. The van der Waals surface area contributed by atoms with Crippen molar-refractivity contribution >= 4 is 34.7 Å². The van der Waals surface area contributed by atoms with Crippen molar-refractivity contribution in [1.82, 2.24) is 0 Å². The van der Waals surface area contributed by atoms with E-state index < -0.39 is 0 Å². The van der Waals surface area contributed by atoms with Crippen LogP contribution in [0.5, 0.6) is 0 Å². The van der Waals surface area contributed by atoms with Crippen LogP contribution >= 0.6 is 11.6 Å². The van der Waals surface area contributed by atoms with Gasteiger partial charge in [0.15, 0.2) is 0 Å². The largest absolute Gasteiger partial charge is 0.316 e. The number of halogens is 1. The highest BCUT2D eigenvalue weighted by molar-refractivity contribution is 6.20. The zero-order valence-electron chi connectivity index (χ0n) is 2.96. The van der Waals surface area contributed by atoms with Crippen LogP contribution in [0.15, 0.2) is 0 Å². The van der Waals surface area contributed by atoms with Crippen LogP contribution in [-0.2, 0) is 0 Å². The first-order valence-corrected chi connectivity index (χ1v) is 1.81. The highest BCUT2D eigenvalue weighted by Crippen LogP contribution is 1.84. The van der Waals surface area contributed by atoms with Gasteiger partial charge in [0.25, 0.3) is 0 Å². The summed E-state index contributed by atoms with van der Waals surface area (Å²) >= 11 is 5.27. The van der Waals surface area contributed by atoms with Crippen LogP contribution in [0.2, 0.25) is 0 Å². The third-order valence-electron chi connectivity index (χ3n) is 0. The third-order valence-corrected chi connectivity index (χ3v) is 0. The van der Waals surface area contributed by atoms with E-state index in [1.54, 1.807) is 0 Å². The number of rotatable bonds is 0. The predicted molar refractivity (Wildman–Crippen MR) is 29.5 cm³/mol. The summed E-state index contributed by atoms with van der Waals surface area (Å²) in [5, 5.41) is 0.306. The molecule has 0 aliphatic carbocycles. The molecule has 0 saturated heterocycles. The molecule has 5 heavy (non-hydrogen) atoms. The van der Waals surface area contributed by atoms with Crippen LogP contribution < -0.4 is 0 Å². The normalized spacial score (nSPS) is 7.20. The molecule has 0 nitrogen and oxygen atoms in total. The summed E-state index contributed by atoms with van der Waals surface area (Å²) in [7, 11) is 0. The van der Waals surface area contributed by atoms with Crippen molar-refractivity contribution in [2.24, 2.45) is 0 Å². The molecule has 0 amide bonds. The van der Waals surface area contributed by atoms with Gasteiger partial charge in [-0.25, -0.2) is 0 Å². The topological polar surface area (TPSA) is 0 Å². The first-order valence-electron chi connectivity index (χ1n) is 1.37. The number of hydrogen-bond acceptors (Lipinski definition) is 0. The first-order chi connectivity index (χ1) is 1.73. The quantitative estimate of drug-likeness (QED) is 0.314. The molecule has 0 aliphatic rings. The molecule has 0 aromatic heterocycles. The lowest BCUT2D eigenvalue weighted by Gasteiger charge is -1.76. The molecule has 0 atom stereocenters.